The largest absolute Gasteiger partial charge is 0.497 e. The topological polar surface area (TPSA) is 84.9 Å². The number of esters is 1. The van der Waals surface area contributed by atoms with E-state index in [-0.39, 0.29) is 25.5 Å². The zero-order valence-corrected chi connectivity index (χ0v) is 16.7. The summed E-state index contributed by atoms with van der Waals surface area (Å²) in [6, 6.07) is 12.7. The van der Waals surface area contributed by atoms with Crippen molar-refractivity contribution in [3.8, 4) is 5.75 Å². The van der Waals surface area contributed by atoms with Crippen LogP contribution in [0.2, 0.25) is 0 Å². The van der Waals surface area contributed by atoms with Crippen LogP contribution in [0.15, 0.2) is 42.5 Å². The maximum absolute atomic E-state index is 12.3. The third kappa shape index (κ3) is 4.93. The SMILES string of the molecule is COc1ccc(N2CC(C(=O)OCC(=O)Nc3ccc(C)cc3C)CC2=O)cc1. The van der Waals surface area contributed by atoms with Gasteiger partial charge in [0.2, 0.25) is 5.91 Å². The van der Waals surface area contributed by atoms with Gasteiger partial charge in [-0.05, 0) is 49.7 Å². The quantitative estimate of drug-likeness (QED) is 0.759. The first-order chi connectivity index (χ1) is 13.9. The van der Waals surface area contributed by atoms with Gasteiger partial charge < -0.3 is 19.7 Å². The Morgan fingerprint density at radius 3 is 2.52 bits per heavy atom. The second-order valence-electron chi connectivity index (χ2n) is 7.08. The number of carbonyl (C=O) groups excluding carboxylic acids is 3. The molecule has 0 radical (unpaired) electrons. The molecule has 1 aliphatic rings. The Bertz CT molecular complexity index is 923. The van der Waals surface area contributed by atoms with Crippen LogP contribution in [0, 0.1) is 19.8 Å². The van der Waals surface area contributed by atoms with Crippen LogP contribution in [0.3, 0.4) is 0 Å². The van der Waals surface area contributed by atoms with Crippen molar-refractivity contribution in [3.63, 3.8) is 0 Å². The Kier molecular flexibility index (Phi) is 6.16. The average molecular weight is 396 g/mol. The summed E-state index contributed by atoms with van der Waals surface area (Å²) in [6.45, 7) is 3.70. The van der Waals surface area contributed by atoms with Gasteiger partial charge in [-0.25, -0.2) is 0 Å². The van der Waals surface area contributed by atoms with E-state index in [4.69, 9.17) is 9.47 Å². The molecule has 29 heavy (non-hydrogen) atoms. The number of benzene rings is 2. The van der Waals surface area contributed by atoms with Gasteiger partial charge >= 0.3 is 5.97 Å². The molecule has 1 fully saturated rings. The third-order valence-corrected chi connectivity index (χ3v) is 4.84. The average Bonchev–Trinajstić information content (AvgIpc) is 3.10. The number of methoxy groups -OCH3 is 1. The summed E-state index contributed by atoms with van der Waals surface area (Å²) in [5.74, 6) is -1.03. The van der Waals surface area contributed by atoms with Crippen LogP contribution in [0.4, 0.5) is 11.4 Å². The zero-order valence-electron chi connectivity index (χ0n) is 16.7. The third-order valence-electron chi connectivity index (χ3n) is 4.84. The molecule has 0 aromatic heterocycles. The highest BCUT2D eigenvalue weighted by atomic mass is 16.5. The van der Waals surface area contributed by atoms with E-state index in [0.717, 1.165) is 11.1 Å². The van der Waals surface area contributed by atoms with Crippen molar-refractivity contribution in [1.82, 2.24) is 0 Å². The monoisotopic (exact) mass is 396 g/mol. The number of hydrogen-bond donors (Lipinski definition) is 1. The van der Waals surface area contributed by atoms with E-state index in [1.165, 1.54) is 0 Å². The van der Waals surface area contributed by atoms with Gasteiger partial charge in [0.1, 0.15) is 5.75 Å². The molecular formula is C22H24N2O5. The Hall–Kier alpha value is -3.35. The number of nitrogens with zero attached hydrogens (tertiary/aromatic N) is 1. The minimum absolute atomic E-state index is 0.0591. The minimum Gasteiger partial charge on any atom is -0.497 e. The first-order valence-electron chi connectivity index (χ1n) is 9.35. The summed E-state index contributed by atoms with van der Waals surface area (Å²) in [6.07, 6.45) is 0.0591. The van der Waals surface area contributed by atoms with Crippen LogP contribution in [-0.2, 0) is 19.1 Å². The number of carbonyl (C=O) groups is 3. The fraction of sp³-hybridized carbons (Fsp3) is 0.318. The van der Waals surface area contributed by atoms with Gasteiger partial charge in [0.25, 0.3) is 5.91 Å². The number of amides is 2. The summed E-state index contributed by atoms with van der Waals surface area (Å²) in [5.41, 5.74) is 3.40. The molecule has 1 saturated heterocycles. The number of aryl methyl sites for hydroxylation is 2. The molecule has 1 aliphatic heterocycles. The molecule has 0 aliphatic carbocycles. The molecule has 2 amide bonds. The number of nitrogens with one attached hydrogen (secondary N) is 1. The van der Waals surface area contributed by atoms with E-state index in [0.29, 0.717) is 17.1 Å². The van der Waals surface area contributed by atoms with Gasteiger partial charge in [-0.3, -0.25) is 14.4 Å². The summed E-state index contributed by atoms with van der Waals surface area (Å²) >= 11 is 0. The van der Waals surface area contributed by atoms with Crippen molar-refractivity contribution >= 4 is 29.2 Å². The van der Waals surface area contributed by atoms with Crippen LogP contribution >= 0.6 is 0 Å². The Balaban J connectivity index is 1.52. The van der Waals surface area contributed by atoms with Crippen LogP contribution in [0.1, 0.15) is 17.5 Å². The first-order valence-corrected chi connectivity index (χ1v) is 9.35. The van der Waals surface area contributed by atoms with E-state index in [1.54, 1.807) is 36.3 Å². The number of ether oxygens (including phenoxy) is 2. The zero-order chi connectivity index (χ0) is 21.0. The Labute approximate surface area is 169 Å². The molecular weight excluding hydrogens is 372 g/mol. The molecule has 1 atom stereocenters. The van der Waals surface area contributed by atoms with Crippen molar-refractivity contribution < 1.29 is 23.9 Å². The van der Waals surface area contributed by atoms with Crippen molar-refractivity contribution in [1.29, 1.82) is 0 Å². The Morgan fingerprint density at radius 2 is 1.86 bits per heavy atom. The highest BCUT2D eigenvalue weighted by Gasteiger charge is 2.36. The minimum atomic E-state index is -0.599. The molecule has 2 aromatic rings. The molecule has 1 heterocycles. The van der Waals surface area contributed by atoms with Crippen molar-refractivity contribution in [2.24, 2.45) is 5.92 Å². The second-order valence-corrected chi connectivity index (χ2v) is 7.08. The first kappa shape index (κ1) is 20.4. The van der Waals surface area contributed by atoms with Crippen LogP contribution < -0.4 is 15.0 Å². The molecule has 1 unspecified atom stereocenters. The van der Waals surface area contributed by atoms with Gasteiger partial charge in [0.15, 0.2) is 6.61 Å². The fourth-order valence-corrected chi connectivity index (χ4v) is 3.27. The molecule has 0 bridgehead atoms. The second kappa shape index (κ2) is 8.77. The van der Waals surface area contributed by atoms with Crippen molar-refractivity contribution in [2.75, 3.05) is 30.5 Å². The molecule has 0 spiro atoms. The molecule has 2 aromatic carbocycles. The normalized spacial score (nSPS) is 15.9. The maximum Gasteiger partial charge on any atom is 0.311 e. The van der Waals surface area contributed by atoms with Crippen LogP contribution in [-0.4, -0.2) is 38.0 Å². The van der Waals surface area contributed by atoms with Gasteiger partial charge in [0, 0.05) is 24.3 Å². The maximum atomic E-state index is 12.3. The van der Waals surface area contributed by atoms with E-state index in [2.05, 4.69) is 5.32 Å². The van der Waals surface area contributed by atoms with E-state index >= 15 is 0 Å². The predicted molar refractivity (Wildman–Crippen MR) is 109 cm³/mol. The van der Waals surface area contributed by atoms with Crippen molar-refractivity contribution in [2.45, 2.75) is 20.3 Å². The van der Waals surface area contributed by atoms with E-state index < -0.39 is 17.8 Å². The lowest BCUT2D eigenvalue weighted by atomic mass is 10.1. The van der Waals surface area contributed by atoms with Gasteiger partial charge in [-0.15, -0.1) is 0 Å². The summed E-state index contributed by atoms with van der Waals surface area (Å²) in [7, 11) is 1.57. The lowest BCUT2D eigenvalue weighted by Crippen LogP contribution is -2.28. The summed E-state index contributed by atoms with van der Waals surface area (Å²) < 4.78 is 10.3. The van der Waals surface area contributed by atoms with Crippen LogP contribution in [0.5, 0.6) is 5.75 Å². The summed E-state index contributed by atoms with van der Waals surface area (Å²) in [4.78, 5) is 38.3. The molecule has 7 heteroatoms. The van der Waals surface area contributed by atoms with Gasteiger partial charge in [-0.2, -0.15) is 0 Å². The highest BCUT2D eigenvalue weighted by Crippen LogP contribution is 2.27. The van der Waals surface area contributed by atoms with Gasteiger partial charge in [-0.1, -0.05) is 17.7 Å². The fourth-order valence-electron chi connectivity index (χ4n) is 3.27. The molecule has 0 saturated carbocycles. The smallest absolute Gasteiger partial charge is 0.311 e. The summed E-state index contributed by atoms with van der Waals surface area (Å²) in [5, 5.41) is 2.73. The Morgan fingerprint density at radius 1 is 1.14 bits per heavy atom. The lowest BCUT2D eigenvalue weighted by Gasteiger charge is -2.17. The number of hydrogen-bond acceptors (Lipinski definition) is 5. The molecule has 1 N–H and O–H groups in total. The number of rotatable bonds is 6. The number of anilines is 2. The molecule has 152 valence electrons. The standard InChI is InChI=1S/C22H24N2O5/c1-14-4-9-19(15(2)10-14)23-20(25)13-29-22(27)16-11-21(26)24(12-16)17-5-7-18(28-3)8-6-17/h4-10,16H,11-13H2,1-3H3,(H,23,25). The van der Waals surface area contributed by atoms with Crippen molar-refractivity contribution in [3.05, 3.63) is 53.6 Å². The van der Waals surface area contributed by atoms with Crippen LogP contribution in [0.25, 0.3) is 0 Å². The van der Waals surface area contributed by atoms with Gasteiger partial charge in [0.05, 0.1) is 13.0 Å². The van der Waals surface area contributed by atoms with E-state index in [1.807, 2.05) is 32.0 Å². The van der Waals surface area contributed by atoms with E-state index in [9.17, 15) is 14.4 Å². The predicted octanol–water partition coefficient (Wildman–Crippen LogP) is 2.85. The highest BCUT2D eigenvalue weighted by molar-refractivity contribution is 6.00. The molecule has 3 rings (SSSR count). The lowest BCUT2D eigenvalue weighted by molar-refractivity contribution is -0.151. The molecule has 7 nitrogen and oxygen atoms in total.